The predicted molar refractivity (Wildman–Crippen MR) is 99.3 cm³/mol. The maximum atomic E-state index is 12.3. The number of likely N-dealkylation sites (N-methyl/N-ethyl adjacent to an activating group) is 1. The number of carbonyl (C=O) groups is 1. The molecule has 0 aromatic heterocycles. The first-order chi connectivity index (χ1) is 10.9. The maximum Gasteiger partial charge on any atom is 0.319 e. The second-order valence-corrected chi connectivity index (χ2v) is 7.74. The molecule has 0 saturated heterocycles. The lowest BCUT2D eigenvalue weighted by atomic mass is 9.75. The highest BCUT2D eigenvalue weighted by atomic mass is 32.2. The van der Waals surface area contributed by atoms with Crippen LogP contribution < -0.4 is 10.6 Å². The molecule has 1 aromatic rings. The third-order valence-electron chi connectivity index (χ3n) is 4.92. The first kappa shape index (κ1) is 18.1. The molecule has 1 saturated carbocycles. The fraction of sp³-hybridized carbons (Fsp3) is 0.611. The van der Waals surface area contributed by atoms with E-state index in [0.717, 1.165) is 23.4 Å². The Labute approximate surface area is 144 Å². The molecule has 0 aliphatic heterocycles. The lowest BCUT2D eigenvalue weighted by molar-refractivity contribution is 0.0779. The second-order valence-electron chi connectivity index (χ2n) is 6.86. The van der Waals surface area contributed by atoms with Crippen LogP contribution in [0.1, 0.15) is 32.6 Å². The standard InChI is InChI=1S/C18H29N3OS/c1-14-7-6-10-18(12-14,21(2)3)13-19-17(22)20-15-8-5-9-16(11-15)23-4/h5,8-9,11,14H,6-7,10,12-13H2,1-4H3,(H2,19,20,22)/t14-,18-/m1/s1. The van der Waals surface area contributed by atoms with Crippen LogP contribution >= 0.6 is 11.8 Å². The molecule has 1 aliphatic carbocycles. The van der Waals surface area contributed by atoms with Crippen molar-refractivity contribution in [2.75, 3.05) is 32.2 Å². The zero-order valence-electron chi connectivity index (χ0n) is 14.7. The van der Waals surface area contributed by atoms with Crippen LogP contribution in [0.5, 0.6) is 0 Å². The van der Waals surface area contributed by atoms with E-state index in [9.17, 15) is 4.79 Å². The van der Waals surface area contributed by atoms with Gasteiger partial charge in [-0.15, -0.1) is 11.8 Å². The highest BCUT2D eigenvalue weighted by Crippen LogP contribution is 2.35. The van der Waals surface area contributed by atoms with Gasteiger partial charge in [-0.3, -0.25) is 0 Å². The van der Waals surface area contributed by atoms with Gasteiger partial charge in [0.25, 0.3) is 0 Å². The summed E-state index contributed by atoms with van der Waals surface area (Å²) in [5.41, 5.74) is 0.918. The molecule has 0 unspecified atom stereocenters. The largest absolute Gasteiger partial charge is 0.336 e. The topological polar surface area (TPSA) is 44.4 Å². The molecule has 1 aromatic carbocycles. The quantitative estimate of drug-likeness (QED) is 0.798. The molecule has 0 spiro atoms. The van der Waals surface area contributed by atoms with Gasteiger partial charge < -0.3 is 15.5 Å². The Hall–Kier alpha value is -1.20. The molecule has 128 valence electrons. The molecular weight excluding hydrogens is 306 g/mol. The molecule has 2 atom stereocenters. The normalized spacial score (nSPS) is 24.5. The highest BCUT2D eigenvalue weighted by molar-refractivity contribution is 7.98. The molecule has 23 heavy (non-hydrogen) atoms. The van der Waals surface area contributed by atoms with Crippen molar-refractivity contribution in [1.82, 2.24) is 10.2 Å². The number of anilines is 1. The summed E-state index contributed by atoms with van der Waals surface area (Å²) in [4.78, 5) is 15.7. The van der Waals surface area contributed by atoms with Crippen molar-refractivity contribution in [1.29, 1.82) is 0 Å². The fourth-order valence-corrected chi connectivity index (χ4v) is 3.94. The minimum atomic E-state index is -0.122. The van der Waals surface area contributed by atoms with E-state index in [4.69, 9.17) is 0 Å². The summed E-state index contributed by atoms with van der Waals surface area (Å²) in [5, 5.41) is 6.02. The molecule has 1 aliphatic rings. The highest BCUT2D eigenvalue weighted by Gasteiger charge is 2.37. The smallest absolute Gasteiger partial charge is 0.319 e. The van der Waals surface area contributed by atoms with Gasteiger partial charge in [0.05, 0.1) is 0 Å². The van der Waals surface area contributed by atoms with Crippen molar-refractivity contribution in [3.63, 3.8) is 0 Å². The summed E-state index contributed by atoms with van der Waals surface area (Å²) in [5.74, 6) is 0.717. The Morgan fingerprint density at radius 1 is 1.43 bits per heavy atom. The Morgan fingerprint density at radius 3 is 2.87 bits per heavy atom. The maximum absolute atomic E-state index is 12.3. The van der Waals surface area contributed by atoms with E-state index in [-0.39, 0.29) is 11.6 Å². The van der Waals surface area contributed by atoms with Crippen LogP contribution in [0.3, 0.4) is 0 Å². The van der Waals surface area contributed by atoms with Crippen molar-refractivity contribution >= 4 is 23.5 Å². The van der Waals surface area contributed by atoms with E-state index in [1.165, 1.54) is 12.8 Å². The van der Waals surface area contributed by atoms with Gasteiger partial charge in [0, 0.05) is 22.7 Å². The molecular formula is C18H29N3OS. The molecule has 4 nitrogen and oxygen atoms in total. The van der Waals surface area contributed by atoms with Crippen LogP contribution in [0, 0.1) is 5.92 Å². The average molecular weight is 336 g/mol. The Morgan fingerprint density at radius 2 is 2.22 bits per heavy atom. The number of carbonyl (C=O) groups excluding carboxylic acids is 1. The molecule has 2 N–H and O–H groups in total. The van der Waals surface area contributed by atoms with Crippen LogP contribution in [-0.2, 0) is 0 Å². The second kappa shape index (κ2) is 8.06. The van der Waals surface area contributed by atoms with Crippen LogP contribution in [-0.4, -0.2) is 43.4 Å². The van der Waals surface area contributed by atoms with Crippen LogP contribution in [0.15, 0.2) is 29.2 Å². The Bertz CT molecular complexity index is 535. The number of thioether (sulfide) groups is 1. The molecule has 2 rings (SSSR count). The number of rotatable bonds is 5. The monoisotopic (exact) mass is 335 g/mol. The first-order valence-electron chi connectivity index (χ1n) is 8.31. The van der Waals surface area contributed by atoms with Crippen molar-refractivity contribution in [2.45, 2.75) is 43.0 Å². The first-order valence-corrected chi connectivity index (χ1v) is 9.54. The van der Waals surface area contributed by atoms with E-state index >= 15 is 0 Å². The third-order valence-corrected chi connectivity index (χ3v) is 5.65. The minimum Gasteiger partial charge on any atom is -0.336 e. The number of nitrogens with one attached hydrogen (secondary N) is 2. The van der Waals surface area contributed by atoms with Gasteiger partial charge in [-0.25, -0.2) is 4.79 Å². The van der Waals surface area contributed by atoms with Gasteiger partial charge in [-0.2, -0.15) is 0 Å². The predicted octanol–water partition coefficient (Wildman–Crippen LogP) is 4.04. The van der Waals surface area contributed by atoms with Gasteiger partial charge in [0.15, 0.2) is 0 Å². The summed E-state index contributed by atoms with van der Waals surface area (Å²) in [7, 11) is 4.25. The minimum absolute atomic E-state index is 0.0795. The number of amides is 2. The van der Waals surface area contributed by atoms with Crippen molar-refractivity contribution in [2.24, 2.45) is 5.92 Å². The summed E-state index contributed by atoms with van der Waals surface area (Å²) in [6, 6.07) is 7.80. The third kappa shape index (κ3) is 4.88. The number of nitrogens with zero attached hydrogens (tertiary/aromatic N) is 1. The van der Waals surface area contributed by atoms with Crippen LogP contribution in [0.4, 0.5) is 10.5 Å². The number of hydrogen-bond donors (Lipinski definition) is 2. The van der Waals surface area contributed by atoms with Gasteiger partial charge in [0.1, 0.15) is 0 Å². The van der Waals surface area contributed by atoms with Gasteiger partial charge in [0.2, 0.25) is 0 Å². The number of benzene rings is 1. The zero-order chi connectivity index (χ0) is 16.9. The summed E-state index contributed by atoms with van der Waals surface area (Å²) >= 11 is 1.67. The molecule has 0 heterocycles. The fourth-order valence-electron chi connectivity index (χ4n) is 3.48. The van der Waals surface area contributed by atoms with E-state index in [1.807, 2.05) is 30.5 Å². The Kier molecular flexibility index (Phi) is 6.36. The SMILES string of the molecule is CSc1cccc(NC(=O)NC[C@@]2(N(C)C)CCC[C@@H](C)C2)c1. The van der Waals surface area contributed by atoms with E-state index in [1.54, 1.807) is 11.8 Å². The molecule has 2 amide bonds. The number of hydrogen-bond acceptors (Lipinski definition) is 3. The summed E-state index contributed by atoms with van der Waals surface area (Å²) < 4.78 is 0. The van der Waals surface area contributed by atoms with Gasteiger partial charge >= 0.3 is 6.03 Å². The van der Waals surface area contributed by atoms with E-state index < -0.39 is 0 Å². The molecule has 1 fully saturated rings. The molecule has 0 bridgehead atoms. The number of urea groups is 1. The molecule has 0 radical (unpaired) electrons. The lowest BCUT2D eigenvalue weighted by Crippen LogP contribution is -2.55. The average Bonchev–Trinajstić information content (AvgIpc) is 2.53. The van der Waals surface area contributed by atoms with Crippen molar-refractivity contribution in [3.8, 4) is 0 Å². The summed E-state index contributed by atoms with van der Waals surface area (Å²) in [6.07, 6.45) is 6.85. The van der Waals surface area contributed by atoms with E-state index in [0.29, 0.717) is 12.5 Å². The molecule has 5 heteroatoms. The van der Waals surface area contributed by atoms with Crippen LogP contribution in [0.25, 0.3) is 0 Å². The van der Waals surface area contributed by atoms with Crippen molar-refractivity contribution < 1.29 is 4.79 Å². The van der Waals surface area contributed by atoms with Crippen LogP contribution in [0.2, 0.25) is 0 Å². The van der Waals surface area contributed by atoms with E-state index in [2.05, 4.69) is 36.6 Å². The van der Waals surface area contributed by atoms with Gasteiger partial charge in [-0.05, 0) is 57.3 Å². The van der Waals surface area contributed by atoms with Gasteiger partial charge in [-0.1, -0.05) is 25.8 Å². The lowest BCUT2D eigenvalue weighted by Gasteiger charge is -2.45. The zero-order valence-corrected chi connectivity index (χ0v) is 15.5. The Balaban J connectivity index is 1.93. The summed E-state index contributed by atoms with van der Waals surface area (Å²) in [6.45, 7) is 3.00. The van der Waals surface area contributed by atoms with Crippen molar-refractivity contribution in [3.05, 3.63) is 24.3 Å².